The van der Waals surface area contributed by atoms with Crippen LogP contribution in [0.1, 0.15) is 51.0 Å². The second-order valence-corrected chi connectivity index (χ2v) is 4.91. The maximum atomic E-state index is 11.1. The first kappa shape index (κ1) is 14.7. The van der Waals surface area contributed by atoms with Crippen LogP contribution in [0.25, 0.3) is 0 Å². The molecule has 2 heteroatoms. The van der Waals surface area contributed by atoms with Crippen molar-refractivity contribution in [3.8, 4) is 0 Å². The zero-order valence-electron chi connectivity index (χ0n) is 11.3. The summed E-state index contributed by atoms with van der Waals surface area (Å²) in [5.74, 6) is -0.778. The minimum atomic E-state index is -0.626. The van der Waals surface area contributed by atoms with Gasteiger partial charge in [-0.1, -0.05) is 56.5 Å². The number of carbonyl (C=O) groups is 1. The lowest BCUT2D eigenvalue weighted by molar-refractivity contribution is -0.142. The van der Waals surface area contributed by atoms with Gasteiger partial charge in [-0.05, 0) is 31.2 Å². The number of aliphatic carboxylic acids is 1. The van der Waals surface area contributed by atoms with Crippen LogP contribution >= 0.6 is 0 Å². The molecule has 1 aromatic rings. The highest BCUT2D eigenvalue weighted by Gasteiger charge is 2.16. The molecule has 0 saturated carbocycles. The number of aryl methyl sites for hydroxylation is 1. The molecule has 1 N–H and O–H groups in total. The molecule has 0 aliphatic heterocycles. The first-order valence-electron chi connectivity index (χ1n) is 7.00. The van der Waals surface area contributed by atoms with Crippen molar-refractivity contribution in [1.82, 2.24) is 0 Å². The molecule has 0 radical (unpaired) electrons. The topological polar surface area (TPSA) is 37.3 Å². The van der Waals surface area contributed by atoms with Gasteiger partial charge >= 0.3 is 5.97 Å². The van der Waals surface area contributed by atoms with Crippen LogP contribution in [0.3, 0.4) is 0 Å². The summed E-state index contributed by atoms with van der Waals surface area (Å²) in [6.07, 6.45) is 6.91. The van der Waals surface area contributed by atoms with Crippen LogP contribution in [-0.4, -0.2) is 11.1 Å². The van der Waals surface area contributed by atoms with Crippen molar-refractivity contribution in [2.45, 2.75) is 51.9 Å². The largest absolute Gasteiger partial charge is 0.481 e. The van der Waals surface area contributed by atoms with Crippen molar-refractivity contribution in [3.63, 3.8) is 0 Å². The molecule has 0 aliphatic carbocycles. The van der Waals surface area contributed by atoms with Crippen LogP contribution in [0, 0.1) is 5.92 Å². The van der Waals surface area contributed by atoms with E-state index in [0.29, 0.717) is 0 Å². The smallest absolute Gasteiger partial charge is 0.306 e. The molecule has 0 spiro atoms. The molecule has 1 atom stereocenters. The summed E-state index contributed by atoms with van der Waals surface area (Å²) in [4.78, 5) is 11.1. The van der Waals surface area contributed by atoms with Gasteiger partial charge in [-0.2, -0.15) is 0 Å². The Balaban J connectivity index is 2.27. The van der Waals surface area contributed by atoms with Crippen LogP contribution < -0.4 is 0 Å². The fraction of sp³-hybridized carbons (Fsp3) is 0.562. The van der Waals surface area contributed by atoms with Crippen LogP contribution in [0.4, 0.5) is 0 Å². The molecule has 0 amide bonds. The number of unbranched alkanes of at least 4 members (excludes halogenated alkanes) is 2. The van der Waals surface area contributed by atoms with Crippen LogP contribution in [0.2, 0.25) is 0 Å². The maximum Gasteiger partial charge on any atom is 0.306 e. The third-order valence-corrected chi connectivity index (χ3v) is 3.37. The highest BCUT2D eigenvalue weighted by molar-refractivity contribution is 5.69. The lowest BCUT2D eigenvalue weighted by Crippen LogP contribution is -2.13. The molecule has 100 valence electrons. The predicted molar refractivity (Wildman–Crippen MR) is 74.6 cm³/mol. The molecular formula is C16H24O2. The number of rotatable bonds is 9. The zero-order valence-corrected chi connectivity index (χ0v) is 11.3. The summed E-state index contributed by atoms with van der Waals surface area (Å²) in [7, 11) is 0. The average Bonchev–Trinajstić information content (AvgIpc) is 2.38. The lowest BCUT2D eigenvalue weighted by atomic mass is 9.94. The van der Waals surface area contributed by atoms with Gasteiger partial charge in [-0.15, -0.1) is 0 Å². The summed E-state index contributed by atoms with van der Waals surface area (Å²) in [6.45, 7) is 2.14. The van der Waals surface area contributed by atoms with E-state index in [0.717, 1.165) is 44.9 Å². The van der Waals surface area contributed by atoms with E-state index in [-0.39, 0.29) is 5.92 Å². The second-order valence-electron chi connectivity index (χ2n) is 4.91. The van der Waals surface area contributed by atoms with Gasteiger partial charge in [0, 0.05) is 0 Å². The number of hydrogen-bond acceptors (Lipinski definition) is 1. The highest BCUT2D eigenvalue weighted by atomic mass is 16.4. The van der Waals surface area contributed by atoms with Crippen molar-refractivity contribution in [3.05, 3.63) is 35.9 Å². The van der Waals surface area contributed by atoms with Crippen molar-refractivity contribution in [1.29, 1.82) is 0 Å². The van der Waals surface area contributed by atoms with E-state index in [1.807, 2.05) is 18.2 Å². The molecule has 0 aromatic heterocycles. The molecule has 1 unspecified atom stereocenters. The summed E-state index contributed by atoms with van der Waals surface area (Å²) in [6, 6.07) is 10.3. The van der Waals surface area contributed by atoms with Crippen LogP contribution in [-0.2, 0) is 11.2 Å². The van der Waals surface area contributed by atoms with Gasteiger partial charge in [0.15, 0.2) is 0 Å². The number of carboxylic acid groups (broad SMARTS) is 1. The first-order valence-corrected chi connectivity index (χ1v) is 7.00. The summed E-state index contributed by atoms with van der Waals surface area (Å²) in [5.41, 5.74) is 1.30. The molecule has 18 heavy (non-hydrogen) atoms. The normalized spacial score (nSPS) is 12.3. The van der Waals surface area contributed by atoms with Gasteiger partial charge in [-0.25, -0.2) is 0 Å². The molecule has 0 saturated heterocycles. The quantitative estimate of drug-likeness (QED) is 0.662. The Hall–Kier alpha value is -1.31. The summed E-state index contributed by atoms with van der Waals surface area (Å²) in [5, 5.41) is 9.17. The molecule has 2 nitrogen and oxygen atoms in total. The van der Waals surface area contributed by atoms with E-state index in [9.17, 15) is 4.79 Å². The van der Waals surface area contributed by atoms with Crippen molar-refractivity contribution >= 4 is 5.97 Å². The molecular weight excluding hydrogens is 224 g/mol. The van der Waals surface area contributed by atoms with Gasteiger partial charge < -0.3 is 5.11 Å². The Morgan fingerprint density at radius 3 is 2.39 bits per heavy atom. The number of carboxylic acids is 1. The SMILES string of the molecule is CCCCCC(CCCc1ccccc1)C(=O)O. The molecule has 1 rings (SSSR count). The highest BCUT2D eigenvalue weighted by Crippen LogP contribution is 2.17. The van der Waals surface area contributed by atoms with E-state index in [2.05, 4.69) is 19.1 Å². The van der Waals surface area contributed by atoms with Crippen LogP contribution in [0.15, 0.2) is 30.3 Å². The van der Waals surface area contributed by atoms with Gasteiger partial charge in [-0.3, -0.25) is 4.79 Å². The van der Waals surface area contributed by atoms with Crippen molar-refractivity contribution in [2.24, 2.45) is 5.92 Å². The fourth-order valence-electron chi connectivity index (χ4n) is 2.23. The van der Waals surface area contributed by atoms with Gasteiger partial charge in [0.25, 0.3) is 0 Å². The zero-order chi connectivity index (χ0) is 13.2. The summed E-state index contributed by atoms with van der Waals surface area (Å²) >= 11 is 0. The Labute approximate surface area is 110 Å². The summed E-state index contributed by atoms with van der Waals surface area (Å²) < 4.78 is 0. The van der Waals surface area contributed by atoms with Crippen molar-refractivity contribution in [2.75, 3.05) is 0 Å². The lowest BCUT2D eigenvalue weighted by Gasteiger charge is -2.11. The second kappa shape index (κ2) is 8.73. The third-order valence-electron chi connectivity index (χ3n) is 3.37. The Kier molecular flexibility index (Phi) is 7.16. The molecule has 1 aromatic carbocycles. The third kappa shape index (κ3) is 5.85. The fourth-order valence-corrected chi connectivity index (χ4v) is 2.23. The Morgan fingerprint density at radius 1 is 1.11 bits per heavy atom. The van der Waals surface area contributed by atoms with Gasteiger partial charge in [0.2, 0.25) is 0 Å². The van der Waals surface area contributed by atoms with Crippen LogP contribution in [0.5, 0.6) is 0 Å². The van der Waals surface area contributed by atoms with E-state index in [1.54, 1.807) is 0 Å². The van der Waals surface area contributed by atoms with Gasteiger partial charge in [0.1, 0.15) is 0 Å². The number of hydrogen-bond donors (Lipinski definition) is 1. The van der Waals surface area contributed by atoms with Gasteiger partial charge in [0.05, 0.1) is 5.92 Å². The number of benzene rings is 1. The minimum Gasteiger partial charge on any atom is -0.481 e. The first-order chi connectivity index (χ1) is 8.74. The van der Waals surface area contributed by atoms with E-state index in [4.69, 9.17) is 5.11 Å². The predicted octanol–water partition coefficient (Wildman–Crippen LogP) is 4.29. The molecule has 0 heterocycles. The van der Waals surface area contributed by atoms with Crippen molar-refractivity contribution < 1.29 is 9.90 Å². The van der Waals surface area contributed by atoms with E-state index >= 15 is 0 Å². The maximum absolute atomic E-state index is 11.1. The molecule has 0 aliphatic rings. The standard InChI is InChI=1S/C16H24O2/c1-2-3-5-12-15(16(17)18)13-8-11-14-9-6-4-7-10-14/h4,6-7,9-10,15H,2-3,5,8,11-13H2,1H3,(H,17,18). The Morgan fingerprint density at radius 2 is 1.78 bits per heavy atom. The molecule has 0 bridgehead atoms. The average molecular weight is 248 g/mol. The van der Waals surface area contributed by atoms with E-state index < -0.39 is 5.97 Å². The minimum absolute atomic E-state index is 0.153. The monoisotopic (exact) mass is 248 g/mol. The van der Waals surface area contributed by atoms with E-state index in [1.165, 1.54) is 5.56 Å². The Bertz CT molecular complexity index is 332. The molecule has 0 fully saturated rings.